The maximum atomic E-state index is 13.6. The quantitative estimate of drug-likeness (QED) is 0.299. The fraction of sp³-hybridized carbons (Fsp3) is 0.296. The lowest BCUT2D eigenvalue weighted by molar-refractivity contribution is -0.111. The van der Waals surface area contributed by atoms with Crippen LogP contribution in [0.5, 0.6) is 5.75 Å². The number of carbonyl (C=O) groups excluding carboxylic acids is 1. The zero-order valence-corrected chi connectivity index (χ0v) is 22.1. The third-order valence-electron chi connectivity index (χ3n) is 5.61. The molecule has 0 aliphatic heterocycles. The van der Waals surface area contributed by atoms with Crippen LogP contribution in [-0.2, 0) is 14.3 Å². The Balaban J connectivity index is 1.87. The molecule has 0 saturated heterocycles. The van der Waals surface area contributed by atoms with E-state index in [0.717, 1.165) is 0 Å². The third-order valence-corrected chi connectivity index (χ3v) is 5.90. The van der Waals surface area contributed by atoms with Crippen molar-refractivity contribution < 1.29 is 23.4 Å². The van der Waals surface area contributed by atoms with Crippen LogP contribution in [0.25, 0.3) is 10.9 Å². The summed E-state index contributed by atoms with van der Waals surface area (Å²) < 4.78 is 29.4. The van der Waals surface area contributed by atoms with Gasteiger partial charge in [-0.15, -0.1) is 0 Å². The van der Waals surface area contributed by atoms with Crippen molar-refractivity contribution in [3.63, 3.8) is 0 Å². The van der Waals surface area contributed by atoms with Gasteiger partial charge in [-0.3, -0.25) is 14.7 Å². The van der Waals surface area contributed by atoms with Gasteiger partial charge in [-0.1, -0.05) is 17.7 Å². The summed E-state index contributed by atoms with van der Waals surface area (Å²) in [6.45, 7) is 3.08. The first-order chi connectivity index (χ1) is 18.4. The number of nitriles is 1. The number of hydrogen-bond acceptors (Lipinski definition) is 8. The van der Waals surface area contributed by atoms with Crippen LogP contribution in [-0.4, -0.2) is 70.0 Å². The van der Waals surface area contributed by atoms with Crippen molar-refractivity contribution in [1.82, 2.24) is 9.88 Å². The lowest BCUT2D eigenvalue weighted by Gasteiger charge is -2.19. The molecule has 0 spiro atoms. The molecule has 11 heteroatoms. The van der Waals surface area contributed by atoms with Gasteiger partial charge in [-0.2, -0.15) is 5.26 Å². The lowest BCUT2D eigenvalue weighted by Crippen LogP contribution is -2.31. The molecule has 3 aromatic rings. The topological polar surface area (TPSA) is 109 Å². The summed E-state index contributed by atoms with van der Waals surface area (Å²) in [5.41, 5.74) is 2.09. The van der Waals surface area contributed by atoms with Crippen molar-refractivity contribution in [3.05, 3.63) is 65.1 Å². The minimum Gasteiger partial charge on any atom is -0.494 e. The zero-order valence-electron chi connectivity index (χ0n) is 21.4. The first-order valence-corrected chi connectivity index (χ1v) is 12.1. The molecular formula is C27H29ClFN5O4. The summed E-state index contributed by atoms with van der Waals surface area (Å²) in [5, 5.41) is 16.1. The Morgan fingerprint density at radius 2 is 1.92 bits per heavy atom. The molecule has 0 bridgehead atoms. The van der Waals surface area contributed by atoms with E-state index >= 15 is 0 Å². The smallest absolute Gasteiger partial charge is 0.248 e. The molecule has 0 fully saturated rings. The number of fused-ring (bicyclic) bond motifs is 1. The summed E-state index contributed by atoms with van der Waals surface area (Å²) >= 11 is 5.93. The lowest BCUT2D eigenvalue weighted by atomic mass is 10.1. The molecule has 3 rings (SSSR count). The molecule has 38 heavy (non-hydrogen) atoms. The maximum absolute atomic E-state index is 13.6. The van der Waals surface area contributed by atoms with Crippen molar-refractivity contribution in [2.24, 2.45) is 0 Å². The zero-order chi connectivity index (χ0) is 27.5. The second kappa shape index (κ2) is 14.3. The van der Waals surface area contributed by atoms with Crippen LogP contribution < -0.4 is 15.4 Å². The van der Waals surface area contributed by atoms with Crippen LogP contribution in [0.2, 0.25) is 5.02 Å². The molecule has 9 nitrogen and oxygen atoms in total. The number of hydrogen-bond donors (Lipinski definition) is 2. The number of amides is 1. The monoisotopic (exact) mass is 541 g/mol. The Kier molecular flexibility index (Phi) is 10.8. The van der Waals surface area contributed by atoms with Gasteiger partial charge in [0.25, 0.3) is 0 Å². The van der Waals surface area contributed by atoms with Gasteiger partial charge in [0.1, 0.15) is 17.6 Å². The number of methoxy groups -OCH3 is 3. The molecule has 0 saturated carbocycles. The predicted molar refractivity (Wildman–Crippen MR) is 146 cm³/mol. The first-order valence-electron chi connectivity index (χ1n) is 11.7. The number of nitrogens with one attached hydrogen (secondary N) is 2. The van der Waals surface area contributed by atoms with Gasteiger partial charge in [-0.05, 0) is 24.3 Å². The highest BCUT2D eigenvalue weighted by molar-refractivity contribution is 6.31. The van der Waals surface area contributed by atoms with Crippen molar-refractivity contribution in [2.75, 3.05) is 64.8 Å². The summed E-state index contributed by atoms with van der Waals surface area (Å²) in [6.07, 6.45) is 4.63. The van der Waals surface area contributed by atoms with Crippen LogP contribution in [0, 0.1) is 17.1 Å². The number of benzene rings is 2. The van der Waals surface area contributed by atoms with Gasteiger partial charge >= 0.3 is 0 Å². The van der Waals surface area contributed by atoms with Gasteiger partial charge in [0.05, 0.1) is 47.8 Å². The number of nitrogens with zero attached hydrogens (tertiary/aromatic N) is 3. The third kappa shape index (κ3) is 7.63. The van der Waals surface area contributed by atoms with Gasteiger partial charge in [0.15, 0.2) is 0 Å². The maximum Gasteiger partial charge on any atom is 0.248 e. The Morgan fingerprint density at radius 1 is 1.18 bits per heavy atom. The Morgan fingerprint density at radius 3 is 2.55 bits per heavy atom. The minimum atomic E-state index is -0.555. The van der Waals surface area contributed by atoms with E-state index in [2.05, 4.69) is 26.6 Å². The van der Waals surface area contributed by atoms with Gasteiger partial charge < -0.3 is 24.8 Å². The largest absolute Gasteiger partial charge is 0.494 e. The normalized spacial score (nSPS) is 11.2. The number of anilines is 3. The number of halogens is 2. The Hall–Kier alpha value is -3.75. The average Bonchev–Trinajstić information content (AvgIpc) is 2.91. The van der Waals surface area contributed by atoms with Crippen LogP contribution in [0.1, 0.15) is 5.56 Å². The van der Waals surface area contributed by atoms with Crippen LogP contribution >= 0.6 is 11.6 Å². The average molecular weight is 542 g/mol. The van der Waals surface area contributed by atoms with Crippen molar-refractivity contribution in [2.45, 2.75) is 0 Å². The molecule has 1 aromatic heterocycles. The highest BCUT2D eigenvalue weighted by atomic mass is 35.5. The van der Waals surface area contributed by atoms with E-state index in [-0.39, 0.29) is 16.5 Å². The Labute approximate surface area is 225 Å². The molecular weight excluding hydrogens is 513 g/mol. The second-order valence-corrected chi connectivity index (χ2v) is 8.57. The molecule has 0 radical (unpaired) electrons. The van der Waals surface area contributed by atoms with Gasteiger partial charge in [-0.25, -0.2) is 4.39 Å². The summed E-state index contributed by atoms with van der Waals surface area (Å²) in [4.78, 5) is 19.2. The number of pyridine rings is 1. The summed E-state index contributed by atoms with van der Waals surface area (Å²) in [7, 11) is 4.76. The number of aromatic nitrogens is 1. The standard InChI is InChI=1S/C27H29ClFN5O4/c1-36-11-9-34(10-12-37-2)8-4-5-26(35)33-24-14-20-23(15-25(24)38-3)31-17-18(16-30)27(20)32-19-6-7-22(29)21(28)13-19/h4-7,13-15,17H,8-12H2,1-3H3,(H,31,32)(H,33,35). The molecule has 0 atom stereocenters. The van der Waals surface area contributed by atoms with Crippen molar-refractivity contribution in [1.29, 1.82) is 5.26 Å². The van der Waals surface area contributed by atoms with Crippen molar-refractivity contribution in [3.8, 4) is 11.8 Å². The molecule has 1 amide bonds. The van der Waals surface area contributed by atoms with Crippen LogP contribution in [0.4, 0.5) is 21.5 Å². The SMILES string of the molecule is COCCN(CC=CC(=O)Nc1cc2c(Nc3ccc(F)c(Cl)c3)c(C#N)cnc2cc1OC)CCOC. The van der Waals surface area contributed by atoms with Crippen LogP contribution in [0.15, 0.2) is 48.7 Å². The van der Waals surface area contributed by atoms with Crippen molar-refractivity contribution >= 4 is 45.5 Å². The van der Waals surface area contributed by atoms with E-state index in [4.69, 9.17) is 25.8 Å². The van der Waals surface area contributed by atoms with E-state index in [1.165, 1.54) is 37.6 Å². The fourth-order valence-corrected chi connectivity index (χ4v) is 3.82. The van der Waals surface area contributed by atoms with Gasteiger partial charge in [0.2, 0.25) is 5.91 Å². The molecule has 2 N–H and O–H groups in total. The van der Waals surface area contributed by atoms with E-state index in [1.54, 1.807) is 32.4 Å². The molecule has 0 aliphatic rings. The highest BCUT2D eigenvalue weighted by Crippen LogP contribution is 2.36. The Bertz CT molecular complexity index is 1340. The minimum absolute atomic E-state index is 0.0590. The highest BCUT2D eigenvalue weighted by Gasteiger charge is 2.15. The fourth-order valence-electron chi connectivity index (χ4n) is 3.64. The molecule has 2 aromatic carbocycles. The van der Waals surface area contributed by atoms with E-state index in [0.29, 0.717) is 66.6 Å². The summed E-state index contributed by atoms with van der Waals surface area (Å²) in [5.74, 6) is -0.514. The molecule has 200 valence electrons. The molecule has 1 heterocycles. The second-order valence-electron chi connectivity index (χ2n) is 8.16. The number of rotatable bonds is 13. The number of ether oxygens (including phenoxy) is 3. The number of carbonyl (C=O) groups is 1. The molecule has 0 aliphatic carbocycles. The summed E-state index contributed by atoms with van der Waals surface area (Å²) in [6, 6.07) is 9.60. The van der Waals surface area contributed by atoms with E-state index in [1.807, 2.05) is 0 Å². The van der Waals surface area contributed by atoms with E-state index < -0.39 is 5.82 Å². The predicted octanol–water partition coefficient (Wildman–Crippen LogP) is 4.74. The van der Waals surface area contributed by atoms with E-state index in [9.17, 15) is 14.4 Å². The molecule has 0 unspecified atom stereocenters. The van der Waals surface area contributed by atoms with Gasteiger partial charge in [0, 0.05) is 63.3 Å². The first kappa shape index (κ1) is 28.8. The van der Waals surface area contributed by atoms with Crippen LogP contribution in [0.3, 0.4) is 0 Å².